The fourth-order valence-corrected chi connectivity index (χ4v) is 7.42. The molecule has 9 rings (SSSR count). The fraction of sp³-hybridized carbons (Fsp3) is 0. The summed E-state index contributed by atoms with van der Waals surface area (Å²) in [5.41, 5.74) is 10.6. The second-order valence-corrected chi connectivity index (χ2v) is 12.5. The Morgan fingerprint density at radius 2 is 0.776 bits per heavy atom. The van der Waals surface area contributed by atoms with E-state index in [2.05, 4.69) is 205 Å². The number of para-hydroxylation sites is 1. The molecule has 0 spiro atoms. The van der Waals surface area contributed by atoms with Crippen molar-refractivity contribution in [2.75, 3.05) is 4.90 Å². The van der Waals surface area contributed by atoms with E-state index in [1.165, 1.54) is 71.4 Å². The van der Waals surface area contributed by atoms with Crippen LogP contribution >= 0.6 is 0 Å². The molecule has 1 nitrogen and oxygen atoms in total. The molecule has 9 aromatic carbocycles. The zero-order valence-electron chi connectivity index (χ0n) is 27.0. The number of nitrogens with zero attached hydrogens (tertiary/aromatic N) is 1. The summed E-state index contributed by atoms with van der Waals surface area (Å²) in [5, 5.41) is 7.39. The molecule has 0 N–H and O–H groups in total. The predicted octanol–water partition coefficient (Wildman–Crippen LogP) is 13.6. The van der Waals surface area contributed by atoms with Gasteiger partial charge in [-0.25, -0.2) is 0 Å². The average Bonchev–Trinajstić information content (AvgIpc) is 3.19. The maximum Gasteiger partial charge on any atom is 0.0625 e. The summed E-state index contributed by atoms with van der Waals surface area (Å²) in [7, 11) is 0. The molecule has 0 aliphatic rings. The second-order valence-electron chi connectivity index (χ2n) is 12.5. The van der Waals surface area contributed by atoms with Crippen molar-refractivity contribution in [3.63, 3.8) is 0 Å². The van der Waals surface area contributed by atoms with E-state index >= 15 is 0 Å². The van der Waals surface area contributed by atoms with E-state index in [1.54, 1.807) is 0 Å². The summed E-state index contributed by atoms with van der Waals surface area (Å²) in [6, 6.07) is 72.5. The standard InChI is InChI=1S/C48H33N/c1-3-16-34(17-4-1)35-30-32-38(33-31-35)49(46-29-14-13-23-40(46)37-18-5-2-6-19-37)48-45-27-12-10-25-42(45)41-24-9-11-26-44(41)47(48)43-28-15-21-36-20-7-8-22-39(36)43/h1-33H. The minimum Gasteiger partial charge on any atom is -0.309 e. The summed E-state index contributed by atoms with van der Waals surface area (Å²) in [5.74, 6) is 0. The zero-order valence-corrected chi connectivity index (χ0v) is 27.0. The number of anilines is 3. The summed E-state index contributed by atoms with van der Waals surface area (Å²) >= 11 is 0. The Morgan fingerprint density at radius 1 is 0.286 bits per heavy atom. The van der Waals surface area contributed by atoms with Gasteiger partial charge < -0.3 is 4.90 Å². The van der Waals surface area contributed by atoms with E-state index in [-0.39, 0.29) is 0 Å². The Labute approximate surface area is 287 Å². The summed E-state index contributed by atoms with van der Waals surface area (Å²) in [6.45, 7) is 0. The van der Waals surface area contributed by atoms with Crippen molar-refractivity contribution in [2.24, 2.45) is 0 Å². The highest BCUT2D eigenvalue weighted by molar-refractivity contribution is 6.24. The van der Waals surface area contributed by atoms with Crippen LogP contribution in [0.5, 0.6) is 0 Å². The van der Waals surface area contributed by atoms with Crippen molar-refractivity contribution in [2.45, 2.75) is 0 Å². The normalized spacial score (nSPS) is 11.3. The van der Waals surface area contributed by atoms with Crippen molar-refractivity contribution in [1.29, 1.82) is 0 Å². The van der Waals surface area contributed by atoms with Gasteiger partial charge in [0.2, 0.25) is 0 Å². The summed E-state index contributed by atoms with van der Waals surface area (Å²) < 4.78 is 0. The highest BCUT2D eigenvalue weighted by Gasteiger charge is 2.26. The van der Waals surface area contributed by atoms with Gasteiger partial charge in [-0.05, 0) is 67.4 Å². The Morgan fingerprint density at radius 3 is 1.51 bits per heavy atom. The van der Waals surface area contributed by atoms with Gasteiger partial charge in [-0.1, -0.05) is 182 Å². The number of hydrogen-bond acceptors (Lipinski definition) is 1. The lowest BCUT2D eigenvalue weighted by Gasteiger charge is -2.32. The molecule has 49 heavy (non-hydrogen) atoms. The average molecular weight is 624 g/mol. The molecule has 230 valence electrons. The molecule has 0 amide bonds. The molecule has 0 bridgehead atoms. The SMILES string of the molecule is c1ccc(-c2ccc(N(c3ccccc3-c3ccccc3)c3c(-c4cccc5ccccc45)c4ccccc4c4ccccc34)cc2)cc1. The van der Waals surface area contributed by atoms with Crippen molar-refractivity contribution >= 4 is 49.4 Å². The Hall–Kier alpha value is -6.44. The number of benzene rings is 9. The lowest BCUT2D eigenvalue weighted by atomic mass is 9.87. The Balaban J connectivity index is 1.43. The van der Waals surface area contributed by atoms with Gasteiger partial charge in [-0.15, -0.1) is 0 Å². The molecule has 0 radical (unpaired) electrons. The lowest BCUT2D eigenvalue weighted by molar-refractivity contribution is 1.30. The van der Waals surface area contributed by atoms with Crippen molar-refractivity contribution < 1.29 is 0 Å². The fourth-order valence-electron chi connectivity index (χ4n) is 7.42. The van der Waals surface area contributed by atoms with E-state index in [1.807, 2.05) is 0 Å². The van der Waals surface area contributed by atoms with Gasteiger partial charge in [0.1, 0.15) is 0 Å². The third kappa shape index (κ3) is 5.04. The van der Waals surface area contributed by atoms with Crippen LogP contribution in [0, 0.1) is 0 Å². The largest absolute Gasteiger partial charge is 0.309 e. The van der Waals surface area contributed by atoms with Crippen molar-refractivity contribution in [3.05, 3.63) is 200 Å². The second kappa shape index (κ2) is 12.3. The van der Waals surface area contributed by atoms with Crippen LogP contribution in [-0.4, -0.2) is 0 Å². The molecular weight excluding hydrogens is 591 g/mol. The molecular formula is C48H33N. The van der Waals surface area contributed by atoms with Crippen molar-refractivity contribution in [3.8, 4) is 33.4 Å². The maximum absolute atomic E-state index is 2.50. The number of hydrogen-bond donors (Lipinski definition) is 0. The first kappa shape index (κ1) is 28.8. The van der Waals surface area contributed by atoms with E-state index in [0.29, 0.717) is 0 Å². The zero-order chi connectivity index (χ0) is 32.6. The van der Waals surface area contributed by atoms with Crippen LogP contribution in [-0.2, 0) is 0 Å². The van der Waals surface area contributed by atoms with Crippen LogP contribution in [0.1, 0.15) is 0 Å². The minimum atomic E-state index is 1.10. The smallest absolute Gasteiger partial charge is 0.0625 e. The molecule has 0 aliphatic heterocycles. The van der Waals surface area contributed by atoms with Gasteiger partial charge in [-0.2, -0.15) is 0 Å². The van der Waals surface area contributed by atoms with Gasteiger partial charge in [0.05, 0.1) is 11.4 Å². The van der Waals surface area contributed by atoms with Crippen LogP contribution < -0.4 is 4.90 Å². The Bertz CT molecular complexity index is 2580. The lowest BCUT2D eigenvalue weighted by Crippen LogP contribution is -2.13. The summed E-state index contributed by atoms with van der Waals surface area (Å²) in [4.78, 5) is 2.50. The minimum absolute atomic E-state index is 1.10. The van der Waals surface area contributed by atoms with Crippen LogP contribution in [0.15, 0.2) is 200 Å². The van der Waals surface area contributed by atoms with E-state index in [9.17, 15) is 0 Å². The Kier molecular flexibility index (Phi) is 7.22. The van der Waals surface area contributed by atoms with Gasteiger partial charge in [-0.3, -0.25) is 0 Å². The van der Waals surface area contributed by atoms with Gasteiger partial charge in [0, 0.05) is 22.2 Å². The monoisotopic (exact) mass is 623 g/mol. The molecule has 9 aromatic rings. The molecule has 0 heterocycles. The highest BCUT2D eigenvalue weighted by Crippen LogP contribution is 2.52. The first-order valence-corrected chi connectivity index (χ1v) is 16.9. The molecule has 0 aliphatic carbocycles. The van der Waals surface area contributed by atoms with Gasteiger partial charge in [0.15, 0.2) is 0 Å². The van der Waals surface area contributed by atoms with Crippen LogP contribution in [0.4, 0.5) is 17.1 Å². The molecule has 0 saturated heterocycles. The molecule has 0 saturated carbocycles. The molecule has 0 atom stereocenters. The van der Waals surface area contributed by atoms with Crippen molar-refractivity contribution in [1.82, 2.24) is 0 Å². The molecule has 0 aromatic heterocycles. The molecule has 0 fully saturated rings. The van der Waals surface area contributed by atoms with Gasteiger partial charge in [0.25, 0.3) is 0 Å². The quantitative estimate of drug-likeness (QED) is 0.167. The van der Waals surface area contributed by atoms with E-state index in [4.69, 9.17) is 0 Å². The van der Waals surface area contributed by atoms with E-state index < -0.39 is 0 Å². The predicted molar refractivity (Wildman–Crippen MR) is 210 cm³/mol. The highest BCUT2D eigenvalue weighted by atomic mass is 15.1. The number of rotatable bonds is 6. The number of fused-ring (bicyclic) bond motifs is 4. The molecule has 1 heteroatoms. The first-order valence-electron chi connectivity index (χ1n) is 16.9. The third-order valence-electron chi connectivity index (χ3n) is 9.65. The van der Waals surface area contributed by atoms with Crippen LogP contribution in [0.25, 0.3) is 65.7 Å². The van der Waals surface area contributed by atoms with Gasteiger partial charge >= 0.3 is 0 Å². The van der Waals surface area contributed by atoms with E-state index in [0.717, 1.165) is 11.4 Å². The van der Waals surface area contributed by atoms with Crippen LogP contribution in [0.2, 0.25) is 0 Å². The third-order valence-corrected chi connectivity index (χ3v) is 9.65. The van der Waals surface area contributed by atoms with Crippen LogP contribution in [0.3, 0.4) is 0 Å². The maximum atomic E-state index is 2.50. The topological polar surface area (TPSA) is 3.24 Å². The summed E-state index contributed by atoms with van der Waals surface area (Å²) in [6.07, 6.45) is 0. The first-order chi connectivity index (χ1) is 24.3. The molecule has 0 unspecified atom stereocenters.